The first-order valence-corrected chi connectivity index (χ1v) is 18.2. The van der Waals surface area contributed by atoms with Gasteiger partial charge in [0.25, 0.3) is 6.04 Å². The molecule has 5 aliphatic rings. The number of aliphatic hydroxyl groups excluding tert-OH is 1. The van der Waals surface area contributed by atoms with Gasteiger partial charge in [-0.1, -0.05) is 46.8 Å². The Morgan fingerprint density at radius 1 is 0.956 bits per heavy atom. The topological polar surface area (TPSA) is 53.7 Å². The van der Waals surface area contributed by atoms with Crippen LogP contribution in [0.1, 0.15) is 119 Å². The number of carbonyl (C=O) groups is 1. The van der Waals surface area contributed by atoms with Gasteiger partial charge in [0.1, 0.15) is 0 Å². The molecule has 0 amide bonds. The van der Waals surface area contributed by atoms with Crippen LogP contribution in [0.15, 0.2) is 36.7 Å². The van der Waals surface area contributed by atoms with Crippen molar-refractivity contribution in [3.05, 3.63) is 36.7 Å². The molecule has 1 unspecified atom stereocenters. The van der Waals surface area contributed by atoms with Crippen LogP contribution in [-0.2, 0) is 9.53 Å². The first-order valence-electron chi connectivity index (χ1n) is 18.2. The fraction of sp³-hybridized carbons (Fsp3) is 0.800. The minimum Gasteiger partial charge on any atom is -0.460 e. The summed E-state index contributed by atoms with van der Waals surface area (Å²) in [4.78, 5) is 15.6. The van der Waals surface area contributed by atoms with Gasteiger partial charge in [0.05, 0.1) is 12.7 Å². The van der Waals surface area contributed by atoms with Crippen LogP contribution in [-0.4, -0.2) is 37.9 Å². The average Bonchev–Trinajstić information content (AvgIpc) is 3.38. The summed E-state index contributed by atoms with van der Waals surface area (Å²) in [5.74, 6) is 2.82. The number of pyridine rings is 1. The Hall–Kier alpha value is -1.88. The maximum absolute atomic E-state index is 13.5. The largest absolute Gasteiger partial charge is 0.460 e. The van der Waals surface area contributed by atoms with Crippen LogP contribution in [0.3, 0.4) is 0 Å². The highest BCUT2D eigenvalue weighted by atomic mass is 16.5. The van der Waals surface area contributed by atoms with Gasteiger partial charge in [0.15, 0.2) is 12.4 Å². The first-order chi connectivity index (χ1) is 21.0. The molecule has 5 aliphatic carbocycles. The third kappa shape index (κ3) is 4.78. The van der Waals surface area contributed by atoms with Crippen molar-refractivity contribution in [2.45, 2.75) is 125 Å². The van der Waals surface area contributed by atoms with E-state index >= 15 is 0 Å². The number of hydrogen-bond donors (Lipinski definition) is 1. The number of fused-ring (bicyclic) bond motifs is 7. The minimum atomic E-state index is -0.355. The first kappa shape index (κ1) is 33.0. The molecule has 250 valence electrons. The van der Waals surface area contributed by atoms with E-state index < -0.39 is 0 Å². The zero-order chi connectivity index (χ0) is 32.7. The third-order valence-electron chi connectivity index (χ3n) is 15.9. The molecule has 1 aromatic heterocycles. The zero-order valence-corrected chi connectivity index (χ0v) is 30.0. The van der Waals surface area contributed by atoms with E-state index in [1.165, 1.54) is 44.1 Å². The van der Waals surface area contributed by atoms with Gasteiger partial charge in [0.2, 0.25) is 0 Å². The van der Waals surface area contributed by atoms with Crippen LogP contribution in [0.2, 0.25) is 0 Å². The summed E-state index contributed by atoms with van der Waals surface area (Å²) in [6.07, 6.45) is 15.7. The van der Waals surface area contributed by atoms with E-state index in [0.29, 0.717) is 36.2 Å². The number of hydrogen-bond acceptors (Lipinski definition) is 4. The van der Waals surface area contributed by atoms with Gasteiger partial charge < -0.3 is 14.7 Å². The van der Waals surface area contributed by atoms with Crippen molar-refractivity contribution in [3.8, 4) is 0 Å². The van der Waals surface area contributed by atoms with E-state index in [0.717, 1.165) is 31.4 Å². The van der Waals surface area contributed by atoms with Gasteiger partial charge in [-0.05, 0) is 122 Å². The van der Waals surface area contributed by atoms with E-state index in [1.54, 1.807) is 0 Å². The number of esters is 1. The number of ether oxygens (including phenoxy) is 1. The molecule has 5 nitrogen and oxygen atoms in total. The summed E-state index contributed by atoms with van der Waals surface area (Å²) in [6, 6.07) is 3.75. The smallest absolute Gasteiger partial charge is 0.375 e. The van der Waals surface area contributed by atoms with Crippen molar-refractivity contribution in [1.82, 2.24) is 0 Å². The Morgan fingerprint density at radius 2 is 1.64 bits per heavy atom. The van der Waals surface area contributed by atoms with E-state index in [1.807, 2.05) is 38.0 Å². The molecule has 1 heterocycles. The normalized spacial score (nSPS) is 44.0. The van der Waals surface area contributed by atoms with Crippen molar-refractivity contribution in [2.75, 3.05) is 25.6 Å². The molecule has 0 aromatic carbocycles. The Bertz CT molecular complexity index is 1300. The molecule has 0 spiro atoms. The second-order valence-electron chi connectivity index (χ2n) is 18.1. The molecule has 6 rings (SSSR count). The summed E-state index contributed by atoms with van der Waals surface area (Å²) < 4.78 is 8.32. The lowest BCUT2D eigenvalue weighted by atomic mass is 9.32. The Labute approximate surface area is 274 Å². The summed E-state index contributed by atoms with van der Waals surface area (Å²) in [7, 11) is 4.06. The van der Waals surface area contributed by atoms with Gasteiger partial charge >= 0.3 is 5.97 Å². The molecule has 5 saturated carbocycles. The standard InChI is InChI=1S/C40H63N2O3/c1-26(2)29-13-20-40(25-45-35(44)27(3)42-23-16-28(17-24-42)41(9)10)22-21-38(7)30(34(29)40)11-12-32-37(6)18-15-33(43)36(4,5)31(37)14-19-39(32,38)8/h16-17,23-24,27,29-34,43H,1,11-15,18-22,25H2,2-10H3/q+1/t27?,29-,30+,31-,32+,33-,34+,37-,38+,39+,40+/m0/s1. The molecule has 0 radical (unpaired) electrons. The maximum atomic E-state index is 13.5. The van der Waals surface area contributed by atoms with Crippen molar-refractivity contribution < 1.29 is 19.2 Å². The molecular formula is C40H63N2O3+. The van der Waals surface area contributed by atoms with E-state index in [9.17, 15) is 9.90 Å². The van der Waals surface area contributed by atoms with Crippen molar-refractivity contribution in [1.29, 1.82) is 0 Å². The highest BCUT2D eigenvalue weighted by molar-refractivity contribution is 5.72. The molecule has 5 heteroatoms. The highest BCUT2D eigenvalue weighted by Gasteiger charge is 2.71. The lowest BCUT2D eigenvalue weighted by Gasteiger charge is -2.73. The summed E-state index contributed by atoms with van der Waals surface area (Å²) in [6.45, 7) is 22.0. The van der Waals surface area contributed by atoms with Crippen molar-refractivity contribution >= 4 is 11.7 Å². The second kappa shape index (κ2) is 11.1. The Morgan fingerprint density at radius 3 is 2.29 bits per heavy atom. The van der Waals surface area contributed by atoms with Crippen LogP contribution in [0.25, 0.3) is 0 Å². The van der Waals surface area contributed by atoms with E-state index in [4.69, 9.17) is 4.74 Å². The number of aliphatic hydroxyl groups is 1. The minimum absolute atomic E-state index is 0.0159. The summed E-state index contributed by atoms with van der Waals surface area (Å²) in [5, 5.41) is 11.1. The van der Waals surface area contributed by atoms with Crippen LogP contribution >= 0.6 is 0 Å². The molecule has 5 fully saturated rings. The maximum Gasteiger partial charge on any atom is 0.375 e. The van der Waals surface area contributed by atoms with Gasteiger partial charge in [-0.3, -0.25) is 0 Å². The van der Waals surface area contributed by atoms with Crippen LogP contribution < -0.4 is 9.47 Å². The number of carbonyl (C=O) groups excluding carboxylic acids is 1. The SMILES string of the molecule is C=C(C)[C@@H]1CC[C@]2(COC(=O)C(C)[n+]3ccc(N(C)C)cc3)CC[C@]3(C)[C@H](CC[C@@H]4[C@@]5(C)CC[C@H](O)C(C)(C)[C@@H]5CC[C@]43C)[C@@H]12. The lowest BCUT2D eigenvalue weighted by molar-refractivity contribution is -0.707. The number of anilines is 1. The summed E-state index contributed by atoms with van der Waals surface area (Å²) in [5.41, 5.74) is 3.31. The van der Waals surface area contributed by atoms with Gasteiger partial charge in [-0.15, -0.1) is 0 Å². The molecule has 0 aliphatic heterocycles. The Kier molecular flexibility index (Phi) is 8.15. The third-order valence-corrected chi connectivity index (χ3v) is 15.9. The van der Waals surface area contributed by atoms with Crippen molar-refractivity contribution in [3.63, 3.8) is 0 Å². The number of nitrogens with zero attached hydrogens (tertiary/aromatic N) is 2. The lowest BCUT2D eigenvalue weighted by Crippen LogP contribution is -2.66. The predicted octanol–water partition coefficient (Wildman–Crippen LogP) is 8.16. The second-order valence-corrected chi connectivity index (χ2v) is 18.1. The fourth-order valence-corrected chi connectivity index (χ4v) is 13.0. The summed E-state index contributed by atoms with van der Waals surface area (Å²) >= 11 is 0. The van der Waals surface area contributed by atoms with Gasteiger partial charge in [-0.2, -0.15) is 4.57 Å². The fourth-order valence-electron chi connectivity index (χ4n) is 13.0. The number of aromatic nitrogens is 1. The molecular weight excluding hydrogens is 556 g/mol. The van der Waals surface area contributed by atoms with E-state index in [2.05, 4.69) is 65.2 Å². The molecule has 0 saturated heterocycles. The number of allylic oxidation sites excluding steroid dienone is 1. The quantitative estimate of drug-likeness (QED) is 0.198. The average molecular weight is 620 g/mol. The van der Waals surface area contributed by atoms with Crippen LogP contribution in [0.5, 0.6) is 0 Å². The van der Waals surface area contributed by atoms with Crippen LogP contribution in [0.4, 0.5) is 5.69 Å². The Balaban J connectivity index is 1.26. The zero-order valence-electron chi connectivity index (χ0n) is 30.0. The molecule has 11 atom stereocenters. The molecule has 0 bridgehead atoms. The van der Waals surface area contributed by atoms with E-state index in [-0.39, 0.29) is 45.2 Å². The predicted molar refractivity (Wildman–Crippen MR) is 182 cm³/mol. The van der Waals surface area contributed by atoms with Crippen LogP contribution in [0, 0.1) is 56.7 Å². The number of rotatable bonds is 6. The van der Waals surface area contributed by atoms with Gasteiger partial charge in [0, 0.05) is 44.3 Å². The van der Waals surface area contributed by atoms with Gasteiger partial charge in [-0.25, -0.2) is 4.79 Å². The molecule has 45 heavy (non-hydrogen) atoms. The highest BCUT2D eigenvalue weighted by Crippen LogP contribution is 2.77. The monoisotopic (exact) mass is 619 g/mol. The molecule has 1 aromatic rings. The van der Waals surface area contributed by atoms with Crippen molar-refractivity contribution in [2.24, 2.45) is 56.7 Å². The molecule has 1 N–H and O–H groups in total.